The van der Waals surface area contributed by atoms with Crippen molar-refractivity contribution in [2.45, 2.75) is 39.0 Å². The average Bonchev–Trinajstić information content (AvgIpc) is 3.20. The Balaban J connectivity index is -0.0000000629. The van der Waals surface area contributed by atoms with E-state index in [0.29, 0.717) is 0 Å². The molecule has 0 radical (unpaired) electrons. The average molecular weight is 476 g/mol. The molecular weight excluding hydrogens is 456 g/mol. The topological polar surface area (TPSA) is 88.8 Å². The Morgan fingerprint density at radius 2 is 1.50 bits per heavy atom. The number of rotatable bonds is 5. The molecule has 0 N–H and O–H groups in total. The minimum atomic E-state index is 0.802. The van der Waals surface area contributed by atoms with Gasteiger partial charge in [-0.25, -0.2) is 0 Å². The van der Waals surface area contributed by atoms with Crippen molar-refractivity contribution in [3.63, 3.8) is 0 Å². The van der Waals surface area contributed by atoms with Gasteiger partial charge in [-0.15, -0.1) is 0 Å². The van der Waals surface area contributed by atoms with E-state index in [1.165, 1.54) is 42.7 Å². The molecule has 0 bridgehead atoms. The van der Waals surface area contributed by atoms with Gasteiger partial charge in [-0.3, -0.25) is 0 Å². The van der Waals surface area contributed by atoms with Crippen LogP contribution in [0.5, 0.6) is 0 Å². The Hall–Kier alpha value is -1.04. The van der Waals surface area contributed by atoms with Crippen LogP contribution in [0.3, 0.4) is 0 Å². The van der Waals surface area contributed by atoms with Gasteiger partial charge in [0.25, 0.3) is 0 Å². The minimum absolute atomic E-state index is 0.802. The van der Waals surface area contributed by atoms with Crippen LogP contribution < -0.4 is 0 Å². The van der Waals surface area contributed by atoms with Gasteiger partial charge < -0.3 is 0 Å². The van der Waals surface area contributed by atoms with Gasteiger partial charge in [0.05, 0.1) is 0 Å². The van der Waals surface area contributed by atoms with Crippen LogP contribution in [0.15, 0.2) is 24.8 Å². The van der Waals surface area contributed by atoms with Gasteiger partial charge in [-0.2, -0.15) is 0 Å². The molecule has 5 nitrogen and oxygen atoms in total. The van der Waals surface area contributed by atoms with E-state index in [4.69, 9.17) is 23.3 Å². The van der Waals surface area contributed by atoms with Gasteiger partial charge in [0, 0.05) is 0 Å². The molecule has 0 spiro atoms. The molecule has 120 valence electrons. The Kier molecular flexibility index (Phi) is 74.7. The SMILES string of the molecule is C1=CCCC1.C=CCC[C](=[W])OCC.[C-]#[O+].[C-]#[O+].[C-]#[O+].[C-]#[O+]. The van der Waals surface area contributed by atoms with Crippen LogP contribution >= 0.6 is 0 Å². The van der Waals surface area contributed by atoms with Crippen molar-refractivity contribution in [1.29, 1.82) is 0 Å². The summed E-state index contributed by atoms with van der Waals surface area (Å²) in [5, 5.41) is 0. The summed E-state index contributed by atoms with van der Waals surface area (Å²) in [6.45, 7) is 24.4. The second-order valence-corrected chi connectivity index (χ2v) is 4.67. The van der Waals surface area contributed by atoms with Crippen molar-refractivity contribution in [1.82, 2.24) is 0 Å². The third kappa shape index (κ3) is 50.9. The normalized spacial score (nSPS) is 8.77. The predicted octanol–water partition coefficient (Wildman–Crippen LogP) is 3.24. The molecule has 0 fully saturated rings. The zero-order valence-electron chi connectivity index (χ0n) is 12.6. The molecule has 6 heteroatoms. The molecular formula is C16H20O5W. The van der Waals surface area contributed by atoms with E-state index in [-0.39, 0.29) is 0 Å². The van der Waals surface area contributed by atoms with Crippen molar-refractivity contribution in [3.05, 3.63) is 51.4 Å². The molecule has 0 heterocycles. The Morgan fingerprint density at radius 3 is 1.73 bits per heavy atom. The summed E-state index contributed by atoms with van der Waals surface area (Å²) in [5.41, 5.74) is 0. The van der Waals surface area contributed by atoms with Gasteiger partial charge >= 0.3 is 112 Å². The van der Waals surface area contributed by atoms with E-state index in [1.54, 1.807) is 0 Å². The molecule has 0 unspecified atom stereocenters. The predicted molar refractivity (Wildman–Crippen MR) is 74.8 cm³/mol. The number of ether oxygens (including phenoxy) is 1. The van der Waals surface area contributed by atoms with E-state index in [9.17, 15) is 0 Å². The fraction of sp³-hybridized carbons (Fsp3) is 0.438. The first-order valence-corrected chi connectivity index (χ1v) is 7.51. The van der Waals surface area contributed by atoms with E-state index in [1.807, 2.05) is 13.0 Å². The Labute approximate surface area is 144 Å². The van der Waals surface area contributed by atoms with Crippen molar-refractivity contribution >= 4 is 4.08 Å². The monoisotopic (exact) mass is 476 g/mol. The summed E-state index contributed by atoms with van der Waals surface area (Å²) in [6, 6.07) is 0. The van der Waals surface area contributed by atoms with Crippen LogP contribution in [0.4, 0.5) is 0 Å². The van der Waals surface area contributed by atoms with E-state index >= 15 is 0 Å². The van der Waals surface area contributed by atoms with Crippen molar-refractivity contribution < 1.29 is 42.7 Å². The summed E-state index contributed by atoms with van der Waals surface area (Å²) in [7, 11) is 0. The van der Waals surface area contributed by atoms with Gasteiger partial charge in [0.1, 0.15) is 0 Å². The second-order valence-electron chi connectivity index (χ2n) is 3.03. The molecule has 1 aliphatic rings. The maximum absolute atomic E-state index is 7.50. The van der Waals surface area contributed by atoms with Crippen LogP contribution in [0, 0.1) is 26.6 Å². The summed E-state index contributed by atoms with van der Waals surface area (Å²) in [4.78, 5) is 0. The van der Waals surface area contributed by atoms with E-state index in [2.05, 4.69) is 45.3 Å². The van der Waals surface area contributed by atoms with Crippen LogP contribution in [-0.2, 0) is 42.7 Å². The fourth-order valence-electron chi connectivity index (χ4n) is 1.04. The van der Waals surface area contributed by atoms with Crippen LogP contribution in [0.1, 0.15) is 39.0 Å². The van der Waals surface area contributed by atoms with E-state index in [0.717, 1.165) is 19.4 Å². The molecule has 0 aliphatic heterocycles. The summed E-state index contributed by atoms with van der Waals surface area (Å²) in [6.07, 6.45) is 12.5. The van der Waals surface area contributed by atoms with Crippen LogP contribution in [0.25, 0.3) is 0 Å². The maximum atomic E-state index is 7.50. The third-order valence-electron chi connectivity index (χ3n) is 1.77. The Morgan fingerprint density at radius 1 is 1.09 bits per heavy atom. The Bertz CT molecular complexity index is 296. The van der Waals surface area contributed by atoms with E-state index < -0.39 is 0 Å². The van der Waals surface area contributed by atoms with Crippen molar-refractivity contribution in [2.24, 2.45) is 0 Å². The summed E-state index contributed by atoms with van der Waals surface area (Å²) in [5.74, 6) is 0. The molecule has 0 amide bonds. The van der Waals surface area contributed by atoms with Crippen LogP contribution in [-0.4, -0.2) is 10.7 Å². The second kappa shape index (κ2) is 50.2. The summed E-state index contributed by atoms with van der Waals surface area (Å²) >= 11 is 1.44. The molecule has 1 aliphatic carbocycles. The number of allylic oxidation sites excluding steroid dienone is 3. The molecule has 0 saturated carbocycles. The van der Waals surface area contributed by atoms with Gasteiger partial charge in [0.2, 0.25) is 0 Å². The van der Waals surface area contributed by atoms with Gasteiger partial charge in [-0.05, 0) is 19.3 Å². The zero-order valence-corrected chi connectivity index (χ0v) is 15.6. The molecule has 0 saturated heterocycles. The van der Waals surface area contributed by atoms with Crippen molar-refractivity contribution in [3.8, 4) is 0 Å². The fourth-order valence-corrected chi connectivity index (χ4v) is 1.89. The molecule has 22 heavy (non-hydrogen) atoms. The van der Waals surface area contributed by atoms with Crippen molar-refractivity contribution in [2.75, 3.05) is 6.61 Å². The molecule has 1 rings (SSSR count). The summed E-state index contributed by atoms with van der Waals surface area (Å²) < 4.78 is 36.4. The van der Waals surface area contributed by atoms with Crippen LogP contribution in [0.2, 0.25) is 0 Å². The first-order chi connectivity index (χ1) is 10.8. The number of hydrogen-bond acceptors (Lipinski definition) is 1. The molecule has 0 aromatic carbocycles. The zero-order chi connectivity index (χ0) is 18.6. The number of hydrogen-bond donors (Lipinski definition) is 0. The first kappa shape index (κ1) is 32.8. The third-order valence-corrected chi connectivity index (χ3v) is 2.92. The first-order valence-electron chi connectivity index (χ1n) is 6.04. The van der Waals surface area contributed by atoms with Gasteiger partial charge in [-0.1, -0.05) is 12.2 Å². The molecule has 0 atom stereocenters. The standard InChI is InChI=1S/C7H12O.C5H8.4CO.W/c1-3-5-6-7-8-4-2;1-2-4-5-3-1;4*1-2;/h3H,1,4-6H2,2H3;1-2H,3-5H2;;;;;. The molecule has 0 aromatic heterocycles. The quantitative estimate of drug-likeness (QED) is 0.341. The molecule has 0 aromatic rings. The van der Waals surface area contributed by atoms with Gasteiger partial charge in [0.15, 0.2) is 0 Å².